The van der Waals surface area contributed by atoms with E-state index in [0.29, 0.717) is 6.54 Å². The Hall–Kier alpha value is -0.870. The van der Waals surface area contributed by atoms with Crippen molar-refractivity contribution in [2.45, 2.75) is 52.7 Å². The molecule has 1 aromatic rings. The van der Waals surface area contributed by atoms with Crippen LogP contribution in [0.2, 0.25) is 0 Å². The van der Waals surface area contributed by atoms with E-state index < -0.39 is 0 Å². The molecular formula is C13H26N4. The molecule has 0 bridgehead atoms. The second kappa shape index (κ2) is 5.65. The first kappa shape index (κ1) is 14.2. The summed E-state index contributed by atoms with van der Waals surface area (Å²) in [7, 11) is 2.14. The lowest BCUT2D eigenvalue weighted by Crippen LogP contribution is -2.48. The van der Waals surface area contributed by atoms with E-state index in [0.717, 1.165) is 25.2 Å². The highest BCUT2D eigenvalue weighted by atomic mass is 15.3. The number of nitrogens with zero attached hydrogens (tertiary/aromatic N) is 3. The van der Waals surface area contributed by atoms with Gasteiger partial charge in [0.25, 0.3) is 0 Å². The molecule has 0 aliphatic carbocycles. The average molecular weight is 238 g/mol. The fraction of sp³-hybridized carbons (Fsp3) is 0.769. The summed E-state index contributed by atoms with van der Waals surface area (Å²) in [6, 6.07) is 2.16. The maximum absolute atomic E-state index is 5.88. The van der Waals surface area contributed by atoms with Crippen molar-refractivity contribution in [3.8, 4) is 0 Å². The number of nitrogens with two attached hydrogens (primary N) is 1. The molecule has 98 valence electrons. The fourth-order valence-electron chi connectivity index (χ4n) is 2.00. The Morgan fingerprint density at radius 3 is 2.59 bits per heavy atom. The van der Waals surface area contributed by atoms with Gasteiger partial charge in [-0.15, -0.1) is 0 Å². The van der Waals surface area contributed by atoms with Crippen LogP contribution in [0.3, 0.4) is 0 Å². The molecule has 1 aromatic heterocycles. The molecule has 0 amide bonds. The maximum Gasteiger partial charge on any atom is 0.0597 e. The fourth-order valence-corrected chi connectivity index (χ4v) is 2.00. The summed E-state index contributed by atoms with van der Waals surface area (Å²) in [6.07, 6.45) is 1.05. The van der Waals surface area contributed by atoms with Crippen LogP contribution in [0, 0.1) is 6.92 Å². The molecule has 1 unspecified atom stereocenters. The molecular weight excluding hydrogens is 212 g/mol. The molecule has 0 aliphatic rings. The molecule has 17 heavy (non-hydrogen) atoms. The zero-order valence-corrected chi connectivity index (χ0v) is 11.8. The lowest BCUT2D eigenvalue weighted by Gasteiger charge is -2.37. The largest absolute Gasteiger partial charge is 0.329 e. The molecule has 0 aromatic carbocycles. The van der Waals surface area contributed by atoms with Gasteiger partial charge in [-0.25, -0.2) is 0 Å². The quantitative estimate of drug-likeness (QED) is 0.821. The average Bonchev–Trinajstić information content (AvgIpc) is 2.68. The Morgan fingerprint density at radius 1 is 1.47 bits per heavy atom. The third kappa shape index (κ3) is 3.07. The minimum absolute atomic E-state index is 0.0662. The lowest BCUT2D eigenvalue weighted by atomic mass is 9.97. The zero-order chi connectivity index (χ0) is 13.1. The number of hydrogen-bond acceptors (Lipinski definition) is 3. The van der Waals surface area contributed by atoms with E-state index >= 15 is 0 Å². The minimum Gasteiger partial charge on any atom is -0.329 e. The molecule has 1 atom stereocenters. The van der Waals surface area contributed by atoms with Crippen molar-refractivity contribution in [2.24, 2.45) is 5.73 Å². The molecule has 2 N–H and O–H groups in total. The van der Waals surface area contributed by atoms with E-state index in [4.69, 9.17) is 5.73 Å². The summed E-state index contributed by atoms with van der Waals surface area (Å²) >= 11 is 0. The van der Waals surface area contributed by atoms with Gasteiger partial charge in [-0.2, -0.15) is 5.10 Å². The van der Waals surface area contributed by atoms with Crippen molar-refractivity contribution in [2.75, 3.05) is 13.6 Å². The minimum atomic E-state index is 0.0662. The number of rotatable bonds is 6. The smallest absolute Gasteiger partial charge is 0.0597 e. The summed E-state index contributed by atoms with van der Waals surface area (Å²) < 4.78 is 2.07. The van der Waals surface area contributed by atoms with Crippen LogP contribution >= 0.6 is 0 Å². The van der Waals surface area contributed by atoms with E-state index in [9.17, 15) is 0 Å². The zero-order valence-electron chi connectivity index (χ0n) is 11.8. The summed E-state index contributed by atoms with van der Waals surface area (Å²) in [5.74, 6) is 0. The highest BCUT2D eigenvalue weighted by Crippen LogP contribution is 2.19. The normalized spacial score (nSPS) is 15.2. The first-order chi connectivity index (χ1) is 7.96. The first-order valence-electron chi connectivity index (χ1n) is 6.41. The molecule has 0 spiro atoms. The molecule has 4 nitrogen and oxygen atoms in total. The second-order valence-electron chi connectivity index (χ2n) is 5.00. The Bertz CT molecular complexity index is 352. The van der Waals surface area contributed by atoms with E-state index in [2.05, 4.69) is 48.6 Å². The summed E-state index contributed by atoms with van der Waals surface area (Å²) in [4.78, 5) is 2.33. The summed E-state index contributed by atoms with van der Waals surface area (Å²) in [5, 5.41) is 4.47. The van der Waals surface area contributed by atoms with Gasteiger partial charge < -0.3 is 5.73 Å². The van der Waals surface area contributed by atoms with Gasteiger partial charge in [0.15, 0.2) is 0 Å². The van der Waals surface area contributed by atoms with Crippen molar-refractivity contribution in [3.63, 3.8) is 0 Å². The van der Waals surface area contributed by atoms with Gasteiger partial charge in [-0.1, -0.05) is 6.92 Å². The van der Waals surface area contributed by atoms with Gasteiger partial charge in [0.05, 0.1) is 11.4 Å². The van der Waals surface area contributed by atoms with Crippen LogP contribution in [0.4, 0.5) is 0 Å². The van der Waals surface area contributed by atoms with E-state index in [-0.39, 0.29) is 5.54 Å². The van der Waals surface area contributed by atoms with E-state index in [1.54, 1.807) is 0 Å². The van der Waals surface area contributed by atoms with Crippen LogP contribution in [-0.4, -0.2) is 33.8 Å². The Labute approximate surface area is 105 Å². The predicted molar refractivity (Wildman–Crippen MR) is 71.9 cm³/mol. The standard InChI is InChI=1S/C13H26N4/c1-6-13(4,10-14)16(5)9-12-8-11(3)15-17(12)7-2/h8H,6-7,9-10,14H2,1-5H3. The van der Waals surface area contributed by atoms with Crippen molar-refractivity contribution >= 4 is 0 Å². The first-order valence-corrected chi connectivity index (χ1v) is 6.41. The van der Waals surface area contributed by atoms with Gasteiger partial charge in [0.1, 0.15) is 0 Å². The van der Waals surface area contributed by atoms with Gasteiger partial charge >= 0.3 is 0 Å². The Morgan fingerprint density at radius 2 is 2.12 bits per heavy atom. The van der Waals surface area contributed by atoms with Gasteiger partial charge in [0, 0.05) is 25.2 Å². The van der Waals surface area contributed by atoms with Crippen LogP contribution in [0.1, 0.15) is 38.6 Å². The van der Waals surface area contributed by atoms with Gasteiger partial charge in [-0.05, 0) is 40.3 Å². The number of likely N-dealkylation sites (N-methyl/N-ethyl adjacent to an activating group) is 1. The van der Waals surface area contributed by atoms with Crippen LogP contribution in [0.5, 0.6) is 0 Å². The molecule has 0 aliphatic heterocycles. The molecule has 0 fully saturated rings. The third-order valence-corrected chi connectivity index (χ3v) is 3.81. The molecule has 1 heterocycles. The Kier molecular flexibility index (Phi) is 4.71. The topological polar surface area (TPSA) is 47.1 Å². The number of aryl methyl sites for hydroxylation is 2. The van der Waals surface area contributed by atoms with E-state index in [1.807, 2.05) is 6.92 Å². The van der Waals surface area contributed by atoms with Gasteiger partial charge in [0.2, 0.25) is 0 Å². The SMILES string of the molecule is CCn1nc(C)cc1CN(C)C(C)(CC)CN. The highest BCUT2D eigenvalue weighted by molar-refractivity contribution is 5.09. The summed E-state index contributed by atoms with van der Waals surface area (Å²) in [6.45, 7) is 11.1. The highest BCUT2D eigenvalue weighted by Gasteiger charge is 2.26. The van der Waals surface area contributed by atoms with Gasteiger partial charge in [-0.3, -0.25) is 9.58 Å². The number of aromatic nitrogens is 2. The van der Waals surface area contributed by atoms with Crippen LogP contribution in [0.15, 0.2) is 6.07 Å². The molecule has 0 saturated carbocycles. The second-order valence-corrected chi connectivity index (χ2v) is 5.00. The molecule has 0 saturated heterocycles. The predicted octanol–water partition coefficient (Wildman–Crippen LogP) is 1.77. The Balaban J connectivity index is 2.83. The van der Waals surface area contributed by atoms with Crippen molar-refractivity contribution in [3.05, 3.63) is 17.5 Å². The van der Waals surface area contributed by atoms with Crippen LogP contribution in [0.25, 0.3) is 0 Å². The van der Waals surface area contributed by atoms with Crippen LogP contribution < -0.4 is 5.73 Å². The number of hydrogen-bond donors (Lipinski definition) is 1. The van der Waals surface area contributed by atoms with E-state index in [1.165, 1.54) is 5.69 Å². The molecule has 0 radical (unpaired) electrons. The summed E-state index contributed by atoms with van der Waals surface area (Å²) in [5.41, 5.74) is 8.30. The molecule has 4 heteroatoms. The third-order valence-electron chi connectivity index (χ3n) is 3.81. The molecule has 1 rings (SSSR count). The van der Waals surface area contributed by atoms with Crippen molar-refractivity contribution < 1.29 is 0 Å². The van der Waals surface area contributed by atoms with Crippen molar-refractivity contribution in [1.29, 1.82) is 0 Å². The maximum atomic E-state index is 5.88. The van der Waals surface area contributed by atoms with Crippen LogP contribution in [-0.2, 0) is 13.1 Å². The van der Waals surface area contributed by atoms with Crippen molar-refractivity contribution in [1.82, 2.24) is 14.7 Å². The monoisotopic (exact) mass is 238 g/mol. The lowest BCUT2D eigenvalue weighted by molar-refractivity contribution is 0.128.